The van der Waals surface area contributed by atoms with E-state index >= 15 is 0 Å². The van der Waals surface area contributed by atoms with Gasteiger partial charge in [0.2, 0.25) is 0 Å². The van der Waals surface area contributed by atoms with Crippen molar-refractivity contribution in [2.24, 2.45) is 0 Å². The quantitative estimate of drug-likeness (QED) is 0.846. The van der Waals surface area contributed by atoms with Crippen LogP contribution in [0.5, 0.6) is 0 Å². The standard InChI is InChI=1S/C17H26N2O2/c1-3-13-21-17(20)14-6-8-16(9-7-14)18-15-5-4-11-19(2)12-10-15/h6-9,15,18H,3-5,10-13H2,1-2H3. The Balaban J connectivity index is 1.88. The third kappa shape index (κ3) is 5.05. The second-order valence-electron chi connectivity index (χ2n) is 5.79. The van der Waals surface area contributed by atoms with Crippen molar-refractivity contribution in [3.63, 3.8) is 0 Å². The lowest BCUT2D eigenvalue weighted by Crippen LogP contribution is -2.23. The largest absolute Gasteiger partial charge is 0.462 e. The molecule has 1 atom stereocenters. The molecular weight excluding hydrogens is 264 g/mol. The number of esters is 1. The molecule has 4 heteroatoms. The van der Waals surface area contributed by atoms with Gasteiger partial charge in [0.05, 0.1) is 12.2 Å². The molecule has 0 radical (unpaired) electrons. The molecule has 1 saturated heterocycles. The Kier molecular flexibility index (Phi) is 6.05. The van der Waals surface area contributed by atoms with Gasteiger partial charge in [-0.3, -0.25) is 0 Å². The summed E-state index contributed by atoms with van der Waals surface area (Å²) in [7, 11) is 2.18. The first-order chi connectivity index (χ1) is 10.2. The number of hydrogen-bond acceptors (Lipinski definition) is 4. The van der Waals surface area contributed by atoms with Gasteiger partial charge in [0.25, 0.3) is 0 Å². The first kappa shape index (κ1) is 15.8. The van der Waals surface area contributed by atoms with Crippen molar-refractivity contribution < 1.29 is 9.53 Å². The fourth-order valence-corrected chi connectivity index (χ4v) is 2.60. The Bertz CT molecular complexity index is 445. The van der Waals surface area contributed by atoms with Crippen LogP contribution < -0.4 is 5.32 Å². The molecule has 1 aliphatic heterocycles. The predicted molar refractivity (Wildman–Crippen MR) is 85.8 cm³/mol. The van der Waals surface area contributed by atoms with Crippen LogP contribution in [0.2, 0.25) is 0 Å². The molecular formula is C17H26N2O2. The van der Waals surface area contributed by atoms with E-state index in [1.54, 1.807) is 0 Å². The Morgan fingerprint density at radius 2 is 2.05 bits per heavy atom. The van der Waals surface area contributed by atoms with Gasteiger partial charge in [0.1, 0.15) is 0 Å². The van der Waals surface area contributed by atoms with Gasteiger partial charge in [0, 0.05) is 11.7 Å². The van der Waals surface area contributed by atoms with Gasteiger partial charge < -0.3 is 15.0 Å². The van der Waals surface area contributed by atoms with E-state index in [2.05, 4.69) is 17.3 Å². The van der Waals surface area contributed by atoms with Crippen molar-refractivity contribution in [1.82, 2.24) is 4.90 Å². The van der Waals surface area contributed by atoms with Crippen molar-refractivity contribution in [3.05, 3.63) is 29.8 Å². The average Bonchev–Trinajstić information content (AvgIpc) is 2.70. The van der Waals surface area contributed by atoms with Gasteiger partial charge in [-0.2, -0.15) is 0 Å². The van der Waals surface area contributed by atoms with Gasteiger partial charge in [-0.25, -0.2) is 4.79 Å². The van der Waals surface area contributed by atoms with Crippen LogP contribution in [0, 0.1) is 0 Å². The average molecular weight is 290 g/mol. The number of nitrogens with one attached hydrogen (secondary N) is 1. The van der Waals surface area contributed by atoms with Crippen LogP contribution in [0.4, 0.5) is 5.69 Å². The molecule has 2 rings (SSSR count). The maximum absolute atomic E-state index is 11.7. The summed E-state index contributed by atoms with van der Waals surface area (Å²) in [6.07, 6.45) is 4.44. The zero-order valence-corrected chi connectivity index (χ0v) is 13.1. The first-order valence-electron chi connectivity index (χ1n) is 7.91. The molecule has 116 valence electrons. The molecule has 1 heterocycles. The number of carbonyl (C=O) groups is 1. The lowest BCUT2D eigenvalue weighted by Gasteiger charge is -2.18. The van der Waals surface area contributed by atoms with E-state index in [1.165, 1.54) is 19.4 Å². The normalized spacial score (nSPS) is 19.8. The summed E-state index contributed by atoms with van der Waals surface area (Å²) in [5.41, 5.74) is 1.70. The first-order valence-corrected chi connectivity index (χ1v) is 7.91. The van der Waals surface area contributed by atoms with Crippen molar-refractivity contribution in [2.45, 2.75) is 38.6 Å². The zero-order chi connectivity index (χ0) is 15.1. The van der Waals surface area contributed by atoms with Gasteiger partial charge in [-0.05, 0) is 70.1 Å². The van der Waals surface area contributed by atoms with Crippen LogP contribution in [0.15, 0.2) is 24.3 Å². The van der Waals surface area contributed by atoms with E-state index in [4.69, 9.17) is 4.74 Å². The topological polar surface area (TPSA) is 41.6 Å². The maximum atomic E-state index is 11.7. The number of ether oxygens (including phenoxy) is 1. The lowest BCUT2D eigenvalue weighted by molar-refractivity contribution is 0.0505. The molecule has 1 aromatic carbocycles. The van der Waals surface area contributed by atoms with E-state index in [0.717, 1.165) is 25.1 Å². The third-order valence-corrected chi connectivity index (χ3v) is 3.88. The van der Waals surface area contributed by atoms with Crippen LogP contribution in [0.3, 0.4) is 0 Å². The molecule has 21 heavy (non-hydrogen) atoms. The zero-order valence-electron chi connectivity index (χ0n) is 13.1. The predicted octanol–water partition coefficient (Wildman–Crippen LogP) is 3.15. The molecule has 1 aromatic rings. The molecule has 0 spiro atoms. The molecule has 1 fully saturated rings. The summed E-state index contributed by atoms with van der Waals surface area (Å²) in [5.74, 6) is -0.237. The van der Waals surface area contributed by atoms with Crippen molar-refractivity contribution in [3.8, 4) is 0 Å². The minimum Gasteiger partial charge on any atom is -0.462 e. The second-order valence-corrected chi connectivity index (χ2v) is 5.79. The number of carbonyl (C=O) groups excluding carboxylic acids is 1. The van der Waals surface area contributed by atoms with Crippen LogP contribution in [-0.4, -0.2) is 43.7 Å². The van der Waals surface area contributed by atoms with Crippen LogP contribution >= 0.6 is 0 Å². The molecule has 0 saturated carbocycles. The van der Waals surface area contributed by atoms with Crippen LogP contribution in [-0.2, 0) is 4.74 Å². The van der Waals surface area contributed by atoms with Gasteiger partial charge in [-0.1, -0.05) is 6.92 Å². The highest BCUT2D eigenvalue weighted by Gasteiger charge is 2.14. The molecule has 0 bridgehead atoms. The SMILES string of the molecule is CCCOC(=O)c1ccc(NC2CCCN(C)CC2)cc1. The van der Waals surface area contributed by atoms with Crippen molar-refractivity contribution >= 4 is 11.7 Å². The Hall–Kier alpha value is -1.55. The minimum absolute atomic E-state index is 0.237. The molecule has 0 amide bonds. The van der Waals surface area contributed by atoms with Crippen molar-refractivity contribution in [2.75, 3.05) is 32.1 Å². The van der Waals surface area contributed by atoms with E-state index < -0.39 is 0 Å². The summed E-state index contributed by atoms with van der Waals surface area (Å²) in [4.78, 5) is 14.1. The third-order valence-electron chi connectivity index (χ3n) is 3.88. The summed E-state index contributed by atoms with van der Waals surface area (Å²) >= 11 is 0. The maximum Gasteiger partial charge on any atom is 0.338 e. The summed E-state index contributed by atoms with van der Waals surface area (Å²) < 4.78 is 5.13. The smallest absolute Gasteiger partial charge is 0.338 e. The molecule has 1 unspecified atom stereocenters. The minimum atomic E-state index is -0.237. The highest BCUT2D eigenvalue weighted by Crippen LogP contribution is 2.17. The summed E-state index contributed by atoms with van der Waals surface area (Å²) in [6.45, 7) is 4.79. The van der Waals surface area contributed by atoms with E-state index in [9.17, 15) is 4.79 Å². The Morgan fingerprint density at radius 3 is 2.76 bits per heavy atom. The van der Waals surface area contributed by atoms with E-state index in [1.807, 2.05) is 31.2 Å². The van der Waals surface area contributed by atoms with Gasteiger partial charge in [0.15, 0.2) is 0 Å². The van der Waals surface area contributed by atoms with E-state index in [0.29, 0.717) is 18.2 Å². The molecule has 0 aromatic heterocycles. The number of anilines is 1. The monoisotopic (exact) mass is 290 g/mol. The van der Waals surface area contributed by atoms with Crippen molar-refractivity contribution in [1.29, 1.82) is 0 Å². The number of benzene rings is 1. The second kappa shape index (κ2) is 8.03. The fraction of sp³-hybridized carbons (Fsp3) is 0.588. The molecule has 4 nitrogen and oxygen atoms in total. The molecule has 1 aliphatic rings. The number of likely N-dealkylation sites (tertiary alicyclic amines) is 1. The fourth-order valence-electron chi connectivity index (χ4n) is 2.60. The van der Waals surface area contributed by atoms with Crippen LogP contribution in [0.1, 0.15) is 43.0 Å². The summed E-state index contributed by atoms with van der Waals surface area (Å²) in [6, 6.07) is 8.13. The Morgan fingerprint density at radius 1 is 1.29 bits per heavy atom. The van der Waals surface area contributed by atoms with Gasteiger partial charge in [-0.15, -0.1) is 0 Å². The number of hydrogen-bond donors (Lipinski definition) is 1. The number of nitrogens with zero attached hydrogens (tertiary/aromatic N) is 1. The lowest BCUT2D eigenvalue weighted by atomic mass is 10.1. The molecule has 0 aliphatic carbocycles. The Labute approximate surface area is 127 Å². The van der Waals surface area contributed by atoms with Gasteiger partial charge >= 0.3 is 5.97 Å². The number of rotatable bonds is 5. The van der Waals surface area contributed by atoms with E-state index in [-0.39, 0.29) is 5.97 Å². The molecule has 1 N–H and O–H groups in total. The highest BCUT2D eigenvalue weighted by atomic mass is 16.5. The summed E-state index contributed by atoms with van der Waals surface area (Å²) in [5, 5.41) is 3.57. The highest BCUT2D eigenvalue weighted by molar-refractivity contribution is 5.89. The van der Waals surface area contributed by atoms with Crippen LogP contribution in [0.25, 0.3) is 0 Å².